The van der Waals surface area contributed by atoms with Crippen molar-refractivity contribution in [2.75, 3.05) is 0 Å². The molecule has 0 bridgehead atoms. The minimum absolute atomic E-state index is 0.407. The van der Waals surface area contributed by atoms with E-state index in [4.69, 9.17) is 22.2 Å². The van der Waals surface area contributed by atoms with Crippen LogP contribution in [0.4, 0.5) is 0 Å². The first-order chi connectivity index (χ1) is 6.22. The Hall–Kier alpha value is 0.537. The number of halogens is 2. The zero-order chi connectivity index (χ0) is 10.1. The van der Waals surface area contributed by atoms with E-state index in [0.29, 0.717) is 5.54 Å². The van der Waals surface area contributed by atoms with Gasteiger partial charge in [0.1, 0.15) is 0 Å². The third-order valence-electron chi connectivity index (χ3n) is 2.27. The quantitative estimate of drug-likeness (QED) is 0.251. The molecule has 13 heavy (non-hydrogen) atoms. The Morgan fingerprint density at radius 2 is 1.85 bits per heavy atom. The van der Waals surface area contributed by atoms with Crippen molar-refractivity contribution in [3.05, 3.63) is 12.7 Å². The maximum Gasteiger partial charge on any atom is 0.243 e. The van der Waals surface area contributed by atoms with Crippen LogP contribution in [0.1, 0.15) is 45.4 Å². The molecule has 0 aromatic heterocycles. The Morgan fingerprint density at radius 3 is 2.31 bits per heavy atom. The summed E-state index contributed by atoms with van der Waals surface area (Å²) in [5.41, 5.74) is 0.407. The molecule has 0 rings (SSSR count). The molecule has 0 aliphatic carbocycles. The van der Waals surface area contributed by atoms with E-state index in [-0.39, 0.29) is 0 Å². The fourth-order valence-corrected chi connectivity index (χ4v) is 3.40. The second-order valence-electron chi connectivity index (χ2n) is 3.44. The van der Waals surface area contributed by atoms with Crippen LogP contribution in [0.2, 0.25) is 5.54 Å². The molecule has 0 aliphatic rings. The Morgan fingerprint density at radius 1 is 1.23 bits per heavy atom. The van der Waals surface area contributed by atoms with Crippen LogP contribution in [0, 0.1) is 0 Å². The van der Waals surface area contributed by atoms with Crippen molar-refractivity contribution in [3.63, 3.8) is 0 Å². The van der Waals surface area contributed by atoms with Crippen molar-refractivity contribution in [3.8, 4) is 0 Å². The second kappa shape index (κ2) is 9.11. The fourth-order valence-electron chi connectivity index (χ4n) is 1.33. The lowest BCUT2D eigenvalue weighted by molar-refractivity contribution is 0.610. The smallest absolute Gasteiger partial charge is 0.150 e. The summed E-state index contributed by atoms with van der Waals surface area (Å²) in [6.07, 6.45) is 9.62. The minimum Gasteiger partial charge on any atom is -0.150 e. The van der Waals surface area contributed by atoms with Crippen molar-refractivity contribution >= 4 is 29.6 Å². The average molecular weight is 239 g/mol. The summed E-state index contributed by atoms with van der Waals surface area (Å²) in [5.74, 6) is 0. The molecule has 0 fully saturated rings. The van der Waals surface area contributed by atoms with E-state index in [2.05, 4.69) is 13.5 Å². The molecule has 3 heteroatoms. The number of hydrogen-bond donors (Lipinski definition) is 0. The molecule has 0 aliphatic heterocycles. The molecule has 0 nitrogen and oxygen atoms in total. The van der Waals surface area contributed by atoms with Gasteiger partial charge >= 0.3 is 0 Å². The summed E-state index contributed by atoms with van der Waals surface area (Å²) in [5, 5.41) is 0. The zero-order valence-electron chi connectivity index (χ0n) is 8.44. The molecule has 0 spiro atoms. The van der Waals surface area contributed by atoms with E-state index < -0.39 is 7.42 Å². The average Bonchev–Trinajstić information content (AvgIpc) is 2.10. The molecule has 0 saturated heterocycles. The highest BCUT2D eigenvalue weighted by atomic mass is 35.7. The van der Waals surface area contributed by atoms with E-state index in [9.17, 15) is 0 Å². The molecule has 1 unspecified atom stereocenters. The van der Waals surface area contributed by atoms with Crippen molar-refractivity contribution in [1.29, 1.82) is 0 Å². The van der Waals surface area contributed by atoms with E-state index >= 15 is 0 Å². The summed E-state index contributed by atoms with van der Waals surface area (Å²) in [7, 11) is -1.52. The SMILES string of the molecule is C=CC(CCCCCCC)[SiH](Cl)Cl. The Bertz CT molecular complexity index is 126. The van der Waals surface area contributed by atoms with Crippen molar-refractivity contribution in [2.24, 2.45) is 0 Å². The Kier molecular flexibility index (Phi) is 9.48. The van der Waals surface area contributed by atoms with Crippen LogP contribution >= 0.6 is 22.2 Å². The van der Waals surface area contributed by atoms with Gasteiger partial charge in [0.2, 0.25) is 7.42 Å². The van der Waals surface area contributed by atoms with Gasteiger partial charge in [-0.3, -0.25) is 0 Å². The molecule has 0 aromatic rings. The van der Waals surface area contributed by atoms with Gasteiger partial charge in [0, 0.05) is 0 Å². The Balaban J connectivity index is 3.33. The summed E-state index contributed by atoms with van der Waals surface area (Å²) in [6, 6.07) is 0. The fraction of sp³-hybridized carbons (Fsp3) is 0.800. The van der Waals surface area contributed by atoms with Crippen LogP contribution in [0.3, 0.4) is 0 Å². The van der Waals surface area contributed by atoms with Crippen LogP contribution in [-0.4, -0.2) is 7.42 Å². The van der Waals surface area contributed by atoms with Gasteiger partial charge in [0.25, 0.3) is 0 Å². The van der Waals surface area contributed by atoms with Gasteiger partial charge in [-0.2, -0.15) is 0 Å². The van der Waals surface area contributed by atoms with Crippen LogP contribution in [0.5, 0.6) is 0 Å². The lowest BCUT2D eigenvalue weighted by Gasteiger charge is -2.10. The molecule has 0 heterocycles. The summed E-state index contributed by atoms with van der Waals surface area (Å²) >= 11 is 11.8. The van der Waals surface area contributed by atoms with Gasteiger partial charge in [-0.25, -0.2) is 0 Å². The van der Waals surface area contributed by atoms with Gasteiger partial charge in [0.15, 0.2) is 0 Å². The lowest BCUT2D eigenvalue weighted by Crippen LogP contribution is -2.03. The first-order valence-electron chi connectivity index (χ1n) is 5.13. The van der Waals surface area contributed by atoms with E-state index in [1.807, 2.05) is 6.08 Å². The second-order valence-corrected chi connectivity index (χ2v) is 8.45. The summed E-state index contributed by atoms with van der Waals surface area (Å²) in [4.78, 5) is 0. The molecular weight excluding hydrogens is 219 g/mol. The molecule has 78 valence electrons. The van der Waals surface area contributed by atoms with Crippen LogP contribution in [-0.2, 0) is 0 Å². The highest BCUT2D eigenvalue weighted by Gasteiger charge is 2.14. The van der Waals surface area contributed by atoms with Gasteiger partial charge < -0.3 is 0 Å². The number of rotatable bonds is 8. The number of allylic oxidation sites excluding steroid dienone is 1. The van der Waals surface area contributed by atoms with Crippen LogP contribution in [0.25, 0.3) is 0 Å². The predicted molar refractivity (Wildman–Crippen MR) is 66.2 cm³/mol. The molecule has 0 radical (unpaired) electrons. The molecule has 0 aromatic carbocycles. The number of hydrogen-bond acceptors (Lipinski definition) is 0. The van der Waals surface area contributed by atoms with Crippen LogP contribution < -0.4 is 0 Å². The normalized spacial score (nSPS) is 13.2. The van der Waals surface area contributed by atoms with Gasteiger partial charge in [0.05, 0.1) is 0 Å². The van der Waals surface area contributed by atoms with Crippen molar-refractivity contribution < 1.29 is 0 Å². The zero-order valence-corrected chi connectivity index (χ0v) is 11.1. The first-order valence-corrected chi connectivity index (χ1v) is 9.28. The van der Waals surface area contributed by atoms with E-state index in [1.54, 1.807) is 0 Å². The Labute approximate surface area is 93.3 Å². The summed E-state index contributed by atoms with van der Waals surface area (Å²) < 4.78 is 0. The monoisotopic (exact) mass is 238 g/mol. The first kappa shape index (κ1) is 13.5. The number of unbranched alkanes of at least 4 members (excludes halogenated alkanes) is 4. The van der Waals surface area contributed by atoms with Crippen molar-refractivity contribution in [1.82, 2.24) is 0 Å². The standard InChI is InChI=1S/C10H20Cl2Si/c1-3-5-6-7-8-9-10(4-2)13(11)12/h4,10,13H,2-3,5-9H2,1H3. The molecule has 1 atom stereocenters. The van der Waals surface area contributed by atoms with E-state index in [1.165, 1.54) is 32.1 Å². The highest BCUT2D eigenvalue weighted by molar-refractivity contribution is 7.34. The maximum atomic E-state index is 5.92. The largest absolute Gasteiger partial charge is 0.243 e. The van der Waals surface area contributed by atoms with Gasteiger partial charge in [-0.05, 0) is 12.0 Å². The van der Waals surface area contributed by atoms with Crippen molar-refractivity contribution in [2.45, 2.75) is 51.0 Å². The van der Waals surface area contributed by atoms with Crippen LogP contribution in [0.15, 0.2) is 12.7 Å². The predicted octanol–water partition coefficient (Wildman–Crippen LogP) is 4.60. The summed E-state index contributed by atoms with van der Waals surface area (Å²) in [6.45, 7) is 5.99. The highest BCUT2D eigenvalue weighted by Crippen LogP contribution is 2.25. The minimum atomic E-state index is -1.52. The molecule has 0 N–H and O–H groups in total. The van der Waals surface area contributed by atoms with Gasteiger partial charge in [-0.15, -0.1) is 28.7 Å². The molecule has 0 amide bonds. The topological polar surface area (TPSA) is 0 Å². The third kappa shape index (κ3) is 7.60. The van der Waals surface area contributed by atoms with Gasteiger partial charge in [-0.1, -0.05) is 45.1 Å². The molecule has 0 saturated carbocycles. The lowest BCUT2D eigenvalue weighted by atomic mass is 10.1. The third-order valence-corrected chi connectivity index (χ3v) is 5.46. The van der Waals surface area contributed by atoms with E-state index in [0.717, 1.165) is 6.42 Å². The maximum absolute atomic E-state index is 5.92. The molecular formula is C10H20Cl2Si.